The lowest BCUT2D eigenvalue weighted by atomic mass is 10.2. The zero-order valence-electron chi connectivity index (χ0n) is 9.27. The number of thioether (sulfide) groups is 1. The van der Waals surface area contributed by atoms with E-state index in [4.69, 9.17) is 11.6 Å². The Hall–Kier alpha value is -1.07. The topological polar surface area (TPSA) is 46.1 Å². The Balaban J connectivity index is 3.19. The molecule has 0 aromatic carbocycles. The Morgan fingerprint density at radius 2 is 2.19 bits per heavy atom. The first-order valence-electron chi connectivity index (χ1n) is 4.49. The summed E-state index contributed by atoms with van der Waals surface area (Å²) < 4.78 is 0. The Bertz CT molecular complexity index is 421. The van der Waals surface area contributed by atoms with Crippen LogP contribution in [-0.2, 0) is 4.79 Å². The first kappa shape index (κ1) is 13.0. The molecule has 0 aliphatic carbocycles. The van der Waals surface area contributed by atoms with Crippen molar-refractivity contribution in [1.82, 2.24) is 14.9 Å². The van der Waals surface area contributed by atoms with Gasteiger partial charge in [-0.05, 0) is 6.26 Å². The molecule has 0 aliphatic heterocycles. The first-order valence-corrected chi connectivity index (χ1v) is 6.09. The molecule has 4 nitrogen and oxygen atoms in total. The molecule has 0 N–H and O–H groups in total. The second-order valence-electron chi connectivity index (χ2n) is 3.23. The van der Waals surface area contributed by atoms with Crippen molar-refractivity contribution in [1.29, 1.82) is 0 Å². The third kappa shape index (κ3) is 3.50. The smallest absolute Gasteiger partial charge is 0.189 e. The summed E-state index contributed by atoms with van der Waals surface area (Å²) >= 11 is 7.23. The summed E-state index contributed by atoms with van der Waals surface area (Å²) in [6.45, 7) is 0. The number of hydrogen-bond acceptors (Lipinski definition) is 5. The van der Waals surface area contributed by atoms with Crippen LogP contribution in [0.5, 0.6) is 0 Å². The van der Waals surface area contributed by atoms with Crippen molar-refractivity contribution in [3.05, 3.63) is 23.1 Å². The second kappa shape index (κ2) is 5.86. The molecular weight excluding hydrogens is 246 g/mol. The van der Waals surface area contributed by atoms with Gasteiger partial charge >= 0.3 is 0 Å². The van der Waals surface area contributed by atoms with Gasteiger partial charge in [0.15, 0.2) is 11.4 Å². The average molecular weight is 258 g/mol. The van der Waals surface area contributed by atoms with Crippen LogP contribution < -0.4 is 0 Å². The number of carbonyl (C=O) groups excluding carboxylic acids is 1. The molecule has 0 atom stereocenters. The van der Waals surface area contributed by atoms with E-state index in [0.717, 1.165) is 6.29 Å². The summed E-state index contributed by atoms with van der Waals surface area (Å²) in [5.74, 6) is 0. The fourth-order valence-electron chi connectivity index (χ4n) is 1.07. The van der Waals surface area contributed by atoms with Crippen LogP contribution in [0.1, 0.15) is 5.69 Å². The maximum atomic E-state index is 10.9. The first-order chi connectivity index (χ1) is 7.56. The molecular formula is C10H12ClN3OS. The van der Waals surface area contributed by atoms with Gasteiger partial charge in [0, 0.05) is 26.4 Å². The van der Waals surface area contributed by atoms with E-state index in [2.05, 4.69) is 9.97 Å². The molecule has 1 rings (SSSR count). The fourth-order valence-corrected chi connectivity index (χ4v) is 1.68. The molecule has 86 valence electrons. The molecule has 1 aromatic heterocycles. The van der Waals surface area contributed by atoms with Crippen LogP contribution in [0.15, 0.2) is 17.4 Å². The van der Waals surface area contributed by atoms with Crippen molar-refractivity contribution < 1.29 is 4.79 Å². The number of rotatable bonds is 4. The Morgan fingerprint density at radius 1 is 1.50 bits per heavy atom. The number of hydrogen-bond donors (Lipinski definition) is 0. The minimum atomic E-state index is 0.334. The molecule has 1 heterocycles. The number of carbonyl (C=O) groups is 1. The highest BCUT2D eigenvalue weighted by atomic mass is 35.5. The third-order valence-electron chi connectivity index (χ3n) is 1.68. The lowest BCUT2D eigenvalue weighted by Gasteiger charge is -2.07. The van der Waals surface area contributed by atoms with Gasteiger partial charge in [-0.2, -0.15) is 0 Å². The molecule has 0 radical (unpaired) electrons. The molecule has 6 heteroatoms. The van der Waals surface area contributed by atoms with Crippen molar-refractivity contribution in [2.45, 2.75) is 5.16 Å². The van der Waals surface area contributed by atoms with Gasteiger partial charge in [-0.25, -0.2) is 9.97 Å². The van der Waals surface area contributed by atoms with Crippen LogP contribution in [-0.4, -0.2) is 41.5 Å². The van der Waals surface area contributed by atoms with Gasteiger partial charge in [-0.3, -0.25) is 4.79 Å². The van der Waals surface area contributed by atoms with Crippen LogP contribution >= 0.6 is 23.4 Å². The zero-order valence-corrected chi connectivity index (χ0v) is 10.8. The minimum absolute atomic E-state index is 0.334. The molecule has 1 aromatic rings. The molecule has 0 amide bonds. The summed E-state index contributed by atoms with van der Waals surface area (Å²) in [4.78, 5) is 20.9. The van der Waals surface area contributed by atoms with Gasteiger partial charge in [-0.15, -0.1) is 0 Å². The van der Waals surface area contributed by atoms with E-state index in [1.807, 2.05) is 20.4 Å². The van der Waals surface area contributed by atoms with Crippen LogP contribution in [0.4, 0.5) is 0 Å². The largest absolute Gasteiger partial charge is 0.383 e. The predicted molar refractivity (Wildman–Crippen MR) is 66.6 cm³/mol. The number of halogens is 1. The number of allylic oxidation sites excluding steroid dienone is 1. The van der Waals surface area contributed by atoms with Gasteiger partial charge in [-0.1, -0.05) is 23.4 Å². The van der Waals surface area contributed by atoms with E-state index < -0.39 is 0 Å². The number of aldehydes is 1. The average Bonchev–Trinajstić information content (AvgIpc) is 2.24. The van der Waals surface area contributed by atoms with Gasteiger partial charge in [0.05, 0.1) is 11.3 Å². The molecule has 0 bridgehead atoms. The molecule has 0 saturated heterocycles. The van der Waals surface area contributed by atoms with Crippen molar-refractivity contribution in [3.8, 4) is 0 Å². The van der Waals surface area contributed by atoms with E-state index in [1.165, 1.54) is 11.8 Å². The highest BCUT2D eigenvalue weighted by Crippen LogP contribution is 2.18. The minimum Gasteiger partial charge on any atom is -0.383 e. The summed E-state index contributed by atoms with van der Waals surface area (Å²) in [6.07, 6.45) is 4.30. The number of nitrogens with zero attached hydrogens (tertiary/aromatic N) is 3. The quantitative estimate of drug-likeness (QED) is 0.271. The molecule has 0 spiro atoms. The number of aromatic nitrogens is 2. The SMILES string of the molecule is CSc1nc(Cl)cc(C(C=O)=CN(C)C)n1. The Morgan fingerprint density at radius 3 is 2.69 bits per heavy atom. The summed E-state index contributed by atoms with van der Waals surface area (Å²) in [6, 6.07) is 1.57. The summed E-state index contributed by atoms with van der Waals surface area (Å²) in [5.41, 5.74) is 1.01. The van der Waals surface area contributed by atoms with Crippen molar-refractivity contribution in [2.24, 2.45) is 0 Å². The highest BCUT2D eigenvalue weighted by Gasteiger charge is 2.07. The molecule has 16 heavy (non-hydrogen) atoms. The van der Waals surface area contributed by atoms with Crippen LogP contribution in [0.25, 0.3) is 5.57 Å². The van der Waals surface area contributed by atoms with Crippen molar-refractivity contribution in [3.63, 3.8) is 0 Å². The molecule has 0 fully saturated rings. The normalized spacial score (nSPS) is 11.4. The maximum Gasteiger partial charge on any atom is 0.189 e. The van der Waals surface area contributed by atoms with Gasteiger partial charge in [0.1, 0.15) is 5.15 Å². The van der Waals surface area contributed by atoms with Crippen LogP contribution in [0.3, 0.4) is 0 Å². The fraction of sp³-hybridized carbons (Fsp3) is 0.300. The van der Waals surface area contributed by atoms with E-state index in [9.17, 15) is 4.79 Å². The second-order valence-corrected chi connectivity index (χ2v) is 4.39. The highest BCUT2D eigenvalue weighted by molar-refractivity contribution is 7.98. The van der Waals surface area contributed by atoms with Crippen LogP contribution in [0.2, 0.25) is 5.15 Å². The molecule has 0 aliphatic rings. The lowest BCUT2D eigenvalue weighted by molar-refractivity contribution is -0.103. The van der Waals surface area contributed by atoms with Gasteiger partial charge in [0.25, 0.3) is 0 Å². The van der Waals surface area contributed by atoms with Crippen molar-refractivity contribution >= 4 is 35.2 Å². The van der Waals surface area contributed by atoms with Gasteiger partial charge in [0.2, 0.25) is 0 Å². The van der Waals surface area contributed by atoms with Gasteiger partial charge < -0.3 is 4.90 Å². The standard InChI is InChI=1S/C10H12ClN3OS/c1-14(2)5-7(6-15)8-4-9(11)13-10(12-8)16-3/h4-6H,1-3H3. The van der Waals surface area contributed by atoms with E-state index in [-0.39, 0.29) is 0 Å². The summed E-state index contributed by atoms with van der Waals surface area (Å²) in [7, 11) is 3.67. The Kier molecular flexibility index (Phi) is 4.76. The zero-order chi connectivity index (χ0) is 12.1. The Labute approximate surface area is 104 Å². The monoisotopic (exact) mass is 257 g/mol. The lowest BCUT2D eigenvalue weighted by Crippen LogP contribution is -2.04. The molecule has 0 unspecified atom stereocenters. The third-order valence-corrected chi connectivity index (χ3v) is 2.42. The van der Waals surface area contributed by atoms with E-state index >= 15 is 0 Å². The van der Waals surface area contributed by atoms with E-state index in [1.54, 1.807) is 17.2 Å². The van der Waals surface area contributed by atoms with E-state index in [0.29, 0.717) is 21.6 Å². The van der Waals surface area contributed by atoms with Crippen LogP contribution in [0, 0.1) is 0 Å². The summed E-state index contributed by atoms with van der Waals surface area (Å²) in [5, 5.41) is 0.884. The predicted octanol–water partition coefficient (Wildman–Crippen LogP) is 1.95. The van der Waals surface area contributed by atoms with Crippen molar-refractivity contribution in [2.75, 3.05) is 20.4 Å². The molecule has 0 saturated carbocycles. The maximum absolute atomic E-state index is 10.9.